The molecule has 0 radical (unpaired) electrons. The number of benzene rings is 1. The Bertz CT molecular complexity index is 611. The normalized spacial score (nSPS) is 11.3. The quantitative estimate of drug-likeness (QED) is 0.779. The van der Waals surface area contributed by atoms with Crippen molar-refractivity contribution < 1.29 is 17.6 Å². The number of furan rings is 1. The summed E-state index contributed by atoms with van der Waals surface area (Å²) < 4.78 is 28.9. The second-order valence-electron chi connectivity index (χ2n) is 3.50. The molecule has 0 aliphatic heterocycles. The van der Waals surface area contributed by atoms with Crippen LogP contribution in [0.1, 0.15) is 16.1 Å². The van der Waals surface area contributed by atoms with Crippen molar-refractivity contribution in [1.82, 2.24) is 0 Å². The molecule has 0 N–H and O–H groups in total. The van der Waals surface area contributed by atoms with Gasteiger partial charge in [-0.25, -0.2) is 8.42 Å². The highest BCUT2D eigenvalue weighted by Gasteiger charge is 2.18. The summed E-state index contributed by atoms with van der Waals surface area (Å²) in [4.78, 5) is 10.9. The third-order valence-corrected chi connectivity index (χ3v) is 4.02. The van der Waals surface area contributed by atoms with Gasteiger partial charge in [0.25, 0.3) is 0 Å². The van der Waals surface area contributed by atoms with Crippen molar-refractivity contribution in [3.05, 3.63) is 54.0 Å². The first kappa shape index (κ1) is 11.6. The van der Waals surface area contributed by atoms with E-state index in [2.05, 4.69) is 0 Å². The van der Waals surface area contributed by atoms with Crippen LogP contribution < -0.4 is 0 Å². The Hall–Kier alpha value is -1.88. The van der Waals surface area contributed by atoms with Crippen molar-refractivity contribution >= 4 is 16.1 Å². The summed E-state index contributed by atoms with van der Waals surface area (Å²) in [5.74, 6) is -0.175. The summed E-state index contributed by atoms with van der Waals surface area (Å²) in [5, 5.41) is 0. The summed E-state index contributed by atoms with van der Waals surface area (Å²) in [5.41, 5.74) is 0.379. The van der Waals surface area contributed by atoms with E-state index < -0.39 is 9.84 Å². The monoisotopic (exact) mass is 250 g/mol. The number of hydrogen-bond donors (Lipinski definition) is 0. The molecule has 0 bridgehead atoms. The Balaban J connectivity index is 2.33. The lowest BCUT2D eigenvalue weighted by Crippen LogP contribution is -2.05. The third-order valence-electron chi connectivity index (χ3n) is 2.34. The first-order valence-electron chi connectivity index (χ1n) is 4.93. The molecule has 0 unspecified atom stereocenters. The van der Waals surface area contributed by atoms with Gasteiger partial charge in [-0.15, -0.1) is 0 Å². The van der Waals surface area contributed by atoms with Crippen molar-refractivity contribution in [3.63, 3.8) is 0 Å². The first-order valence-corrected chi connectivity index (χ1v) is 6.58. The van der Waals surface area contributed by atoms with E-state index in [1.54, 1.807) is 18.2 Å². The molecule has 2 aromatic rings. The smallest absolute Gasteiger partial charge is 0.185 e. The van der Waals surface area contributed by atoms with E-state index in [0.717, 1.165) is 0 Å². The van der Waals surface area contributed by atoms with Crippen molar-refractivity contribution in [2.24, 2.45) is 0 Å². The molecule has 0 aliphatic carbocycles. The molecule has 1 aromatic carbocycles. The summed E-state index contributed by atoms with van der Waals surface area (Å²) in [7, 11) is -3.43. The van der Waals surface area contributed by atoms with Gasteiger partial charge in [0.05, 0.1) is 16.9 Å². The summed E-state index contributed by atoms with van der Waals surface area (Å²) >= 11 is 0. The van der Waals surface area contributed by atoms with Gasteiger partial charge in [-0.05, 0) is 18.2 Å². The number of sulfone groups is 1. The van der Waals surface area contributed by atoms with E-state index in [-0.39, 0.29) is 16.4 Å². The van der Waals surface area contributed by atoms with Gasteiger partial charge in [0.1, 0.15) is 0 Å². The largest absolute Gasteiger partial charge is 0.461 e. The van der Waals surface area contributed by atoms with Crippen LogP contribution in [0.15, 0.2) is 52.0 Å². The van der Waals surface area contributed by atoms with Crippen LogP contribution in [-0.4, -0.2) is 14.7 Å². The predicted molar refractivity (Wildman–Crippen MR) is 61.4 cm³/mol. The number of carbonyl (C=O) groups excluding carboxylic acids is 1. The van der Waals surface area contributed by atoms with E-state index in [9.17, 15) is 13.2 Å². The lowest BCUT2D eigenvalue weighted by Gasteiger charge is -2.02. The fraction of sp³-hybridized carbons (Fsp3) is 0.0833. The van der Waals surface area contributed by atoms with Crippen molar-refractivity contribution in [3.8, 4) is 0 Å². The second kappa shape index (κ2) is 4.55. The molecule has 1 heterocycles. The van der Waals surface area contributed by atoms with Crippen LogP contribution in [0.3, 0.4) is 0 Å². The van der Waals surface area contributed by atoms with Gasteiger partial charge < -0.3 is 4.42 Å². The molecule has 88 valence electrons. The average molecular weight is 250 g/mol. The number of aldehydes is 1. The summed E-state index contributed by atoms with van der Waals surface area (Å²) in [6, 6.07) is 9.59. The Kier molecular flexibility index (Phi) is 3.10. The highest BCUT2D eigenvalue weighted by molar-refractivity contribution is 7.90. The van der Waals surface area contributed by atoms with E-state index in [4.69, 9.17) is 4.42 Å². The van der Waals surface area contributed by atoms with Gasteiger partial charge in [0.15, 0.2) is 21.9 Å². The number of rotatable bonds is 4. The standard InChI is InChI=1S/C12H10O4S/c13-8-12-10(6-7-16-12)9-17(14,15)11-4-2-1-3-5-11/h1-8H,9H2. The van der Waals surface area contributed by atoms with Gasteiger partial charge >= 0.3 is 0 Å². The van der Waals surface area contributed by atoms with Crippen LogP contribution in [0, 0.1) is 0 Å². The molecule has 0 atom stereocenters. The van der Waals surface area contributed by atoms with Gasteiger partial charge in [0, 0.05) is 5.56 Å². The maximum Gasteiger partial charge on any atom is 0.185 e. The number of hydrogen-bond acceptors (Lipinski definition) is 4. The summed E-state index contributed by atoms with van der Waals surface area (Å²) in [6.45, 7) is 0. The minimum Gasteiger partial charge on any atom is -0.461 e. The average Bonchev–Trinajstić information content (AvgIpc) is 2.77. The molecule has 0 saturated heterocycles. The predicted octanol–water partition coefficient (Wildman–Crippen LogP) is 2.07. The molecular formula is C12H10O4S. The van der Waals surface area contributed by atoms with Crippen LogP contribution in [-0.2, 0) is 15.6 Å². The Morgan fingerprint density at radius 1 is 1.12 bits per heavy atom. The third kappa shape index (κ3) is 2.45. The maximum atomic E-state index is 12.0. The Morgan fingerprint density at radius 2 is 1.82 bits per heavy atom. The van der Waals surface area contributed by atoms with Gasteiger partial charge in [-0.2, -0.15) is 0 Å². The van der Waals surface area contributed by atoms with Crippen LogP contribution in [0.4, 0.5) is 0 Å². The molecule has 0 spiro atoms. The Labute approximate surface area is 98.8 Å². The topological polar surface area (TPSA) is 64.3 Å². The minimum absolute atomic E-state index is 0.0597. The highest BCUT2D eigenvalue weighted by atomic mass is 32.2. The van der Waals surface area contributed by atoms with Crippen LogP contribution >= 0.6 is 0 Å². The molecule has 0 amide bonds. The van der Waals surface area contributed by atoms with Crippen molar-refractivity contribution in [2.45, 2.75) is 10.6 Å². The molecular weight excluding hydrogens is 240 g/mol. The van der Waals surface area contributed by atoms with Crippen LogP contribution in [0.25, 0.3) is 0 Å². The van der Waals surface area contributed by atoms with E-state index in [0.29, 0.717) is 11.8 Å². The van der Waals surface area contributed by atoms with E-state index in [1.165, 1.54) is 24.5 Å². The lowest BCUT2D eigenvalue weighted by atomic mass is 10.3. The van der Waals surface area contributed by atoms with Crippen molar-refractivity contribution in [2.75, 3.05) is 0 Å². The van der Waals surface area contributed by atoms with Crippen molar-refractivity contribution in [1.29, 1.82) is 0 Å². The first-order chi connectivity index (χ1) is 8.13. The Morgan fingerprint density at radius 3 is 2.47 bits per heavy atom. The zero-order valence-corrected chi connectivity index (χ0v) is 9.68. The minimum atomic E-state index is -3.43. The zero-order valence-electron chi connectivity index (χ0n) is 8.87. The molecule has 0 saturated carbocycles. The van der Waals surface area contributed by atoms with E-state index in [1.807, 2.05) is 0 Å². The van der Waals surface area contributed by atoms with Gasteiger partial charge in [-0.1, -0.05) is 18.2 Å². The fourth-order valence-electron chi connectivity index (χ4n) is 1.49. The van der Waals surface area contributed by atoms with Gasteiger partial charge in [-0.3, -0.25) is 4.79 Å². The molecule has 1 aromatic heterocycles. The van der Waals surface area contributed by atoms with Crippen LogP contribution in [0.5, 0.6) is 0 Å². The lowest BCUT2D eigenvalue weighted by molar-refractivity contribution is 0.109. The fourth-order valence-corrected chi connectivity index (χ4v) is 2.87. The molecule has 5 heteroatoms. The number of carbonyl (C=O) groups is 1. The molecule has 0 aliphatic rings. The SMILES string of the molecule is O=Cc1occc1CS(=O)(=O)c1ccccc1. The molecule has 17 heavy (non-hydrogen) atoms. The second-order valence-corrected chi connectivity index (χ2v) is 5.49. The maximum absolute atomic E-state index is 12.0. The van der Waals surface area contributed by atoms with Crippen LogP contribution in [0.2, 0.25) is 0 Å². The highest BCUT2D eigenvalue weighted by Crippen LogP contribution is 2.18. The molecule has 2 rings (SSSR count). The molecule has 4 nitrogen and oxygen atoms in total. The van der Waals surface area contributed by atoms with Gasteiger partial charge in [0.2, 0.25) is 0 Å². The molecule has 0 fully saturated rings. The van der Waals surface area contributed by atoms with E-state index >= 15 is 0 Å². The summed E-state index contributed by atoms with van der Waals surface area (Å²) in [6.07, 6.45) is 1.81. The zero-order chi connectivity index (χ0) is 12.3.